The molecule has 0 unspecified atom stereocenters. The van der Waals surface area contributed by atoms with Crippen molar-refractivity contribution in [2.75, 3.05) is 11.1 Å². The standard InChI is InChI=1S/C21H18Cl2N6OS/c1-12-19(13(2)26-25-12)24-18(30)11-31-21-28-27-20(16-9-8-14(22)10-17(16)23)29(21)15-6-4-3-5-7-15/h3-10H,11H2,1-2H3,(H,24,30)(H,25,26). The van der Waals surface area contributed by atoms with Crippen molar-refractivity contribution in [1.29, 1.82) is 0 Å². The molecular formula is C21H18Cl2N6OS. The van der Waals surface area contributed by atoms with E-state index in [0.29, 0.717) is 32.3 Å². The van der Waals surface area contributed by atoms with Gasteiger partial charge in [0, 0.05) is 16.3 Å². The maximum atomic E-state index is 12.5. The Labute approximate surface area is 193 Å². The van der Waals surface area contributed by atoms with Gasteiger partial charge in [0.15, 0.2) is 11.0 Å². The van der Waals surface area contributed by atoms with Gasteiger partial charge < -0.3 is 5.32 Å². The number of rotatable bonds is 6. The fourth-order valence-corrected chi connectivity index (χ4v) is 4.30. The molecule has 0 radical (unpaired) electrons. The van der Waals surface area contributed by atoms with Crippen LogP contribution in [-0.4, -0.2) is 36.6 Å². The van der Waals surface area contributed by atoms with Crippen LogP contribution in [0.15, 0.2) is 53.7 Å². The van der Waals surface area contributed by atoms with Gasteiger partial charge >= 0.3 is 0 Å². The lowest BCUT2D eigenvalue weighted by Gasteiger charge is -2.11. The molecule has 10 heteroatoms. The van der Waals surface area contributed by atoms with Crippen LogP contribution >= 0.6 is 35.0 Å². The van der Waals surface area contributed by atoms with Gasteiger partial charge in [-0.25, -0.2) is 0 Å². The van der Waals surface area contributed by atoms with Crippen molar-refractivity contribution in [3.63, 3.8) is 0 Å². The number of aryl methyl sites for hydroxylation is 2. The predicted molar refractivity (Wildman–Crippen MR) is 124 cm³/mol. The topological polar surface area (TPSA) is 88.5 Å². The van der Waals surface area contributed by atoms with Gasteiger partial charge in [0.1, 0.15) is 0 Å². The molecule has 2 N–H and O–H groups in total. The van der Waals surface area contributed by atoms with Gasteiger partial charge in [-0.05, 0) is 44.2 Å². The molecule has 2 heterocycles. The van der Waals surface area contributed by atoms with E-state index in [1.807, 2.05) is 48.7 Å². The van der Waals surface area contributed by atoms with Crippen LogP contribution in [0.1, 0.15) is 11.4 Å². The molecule has 2 aromatic heterocycles. The zero-order valence-corrected chi connectivity index (χ0v) is 19.0. The number of para-hydroxylation sites is 1. The molecule has 4 aromatic rings. The van der Waals surface area contributed by atoms with Gasteiger partial charge in [-0.1, -0.05) is 53.2 Å². The molecule has 4 rings (SSSR count). The van der Waals surface area contributed by atoms with Crippen molar-refractivity contribution in [2.24, 2.45) is 0 Å². The molecule has 158 valence electrons. The summed E-state index contributed by atoms with van der Waals surface area (Å²) in [5, 5.41) is 20.1. The summed E-state index contributed by atoms with van der Waals surface area (Å²) in [5.41, 5.74) is 3.80. The van der Waals surface area contributed by atoms with Crippen LogP contribution in [-0.2, 0) is 4.79 Å². The van der Waals surface area contributed by atoms with E-state index >= 15 is 0 Å². The fourth-order valence-electron chi connectivity index (χ4n) is 3.06. The van der Waals surface area contributed by atoms with Crippen molar-refractivity contribution in [3.8, 4) is 17.1 Å². The summed E-state index contributed by atoms with van der Waals surface area (Å²) in [4.78, 5) is 12.5. The molecule has 0 aliphatic rings. The quantitative estimate of drug-likeness (QED) is 0.371. The average molecular weight is 473 g/mol. The third kappa shape index (κ3) is 4.61. The Morgan fingerprint density at radius 2 is 1.90 bits per heavy atom. The van der Waals surface area contributed by atoms with E-state index in [9.17, 15) is 4.79 Å². The number of H-pyrrole nitrogens is 1. The van der Waals surface area contributed by atoms with E-state index in [1.165, 1.54) is 11.8 Å². The van der Waals surface area contributed by atoms with Crippen LogP contribution < -0.4 is 5.32 Å². The molecule has 1 amide bonds. The van der Waals surface area contributed by atoms with Crippen LogP contribution in [0, 0.1) is 13.8 Å². The molecule has 0 saturated carbocycles. The minimum Gasteiger partial charge on any atom is -0.322 e. The van der Waals surface area contributed by atoms with E-state index < -0.39 is 0 Å². The van der Waals surface area contributed by atoms with Crippen molar-refractivity contribution < 1.29 is 4.79 Å². The van der Waals surface area contributed by atoms with Crippen LogP contribution in [0.3, 0.4) is 0 Å². The Morgan fingerprint density at radius 1 is 1.13 bits per heavy atom. The molecule has 2 aromatic carbocycles. The van der Waals surface area contributed by atoms with Crippen LogP contribution in [0.5, 0.6) is 0 Å². The van der Waals surface area contributed by atoms with Crippen molar-refractivity contribution in [1.82, 2.24) is 25.0 Å². The number of amides is 1. The summed E-state index contributed by atoms with van der Waals surface area (Å²) in [5.74, 6) is 0.562. The van der Waals surface area contributed by atoms with Gasteiger partial charge in [-0.2, -0.15) is 5.10 Å². The first-order valence-electron chi connectivity index (χ1n) is 9.34. The third-order valence-corrected chi connectivity index (χ3v) is 6.02. The van der Waals surface area contributed by atoms with Crippen LogP contribution in [0.25, 0.3) is 17.1 Å². The zero-order chi connectivity index (χ0) is 22.0. The smallest absolute Gasteiger partial charge is 0.234 e. The van der Waals surface area contributed by atoms with Gasteiger partial charge in [-0.3, -0.25) is 14.5 Å². The predicted octanol–water partition coefficient (Wildman–Crippen LogP) is 5.31. The van der Waals surface area contributed by atoms with Gasteiger partial charge in [0.2, 0.25) is 5.91 Å². The summed E-state index contributed by atoms with van der Waals surface area (Å²) in [7, 11) is 0. The first-order valence-corrected chi connectivity index (χ1v) is 11.1. The SMILES string of the molecule is Cc1n[nH]c(C)c1NC(=O)CSc1nnc(-c2ccc(Cl)cc2Cl)n1-c1ccccc1. The van der Waals surface area contributed by atoms with Crippen LogP contribution in [0.4, 0.5) is 5.69 Å². The van der Waals surface area contributed by atoms with Crippen molar-refractivity contribution in [3.05, 3.63) is 70.0 Å². The first-order chi connectivity index (χ1) is 14.9. The monoisotopic (exact) mass is 472 g/mol. The Bertz CT molecular complexity index is 1220. The summed E-state index contributed by atoms with van der Waals surface area (Å²) in [6, 6.07) is 14.9. The number of carbonyl (C=O) groups excluding carboxylic acids is 1. The van der Waals surface area contributed by atoms with E-state index in [0.717, 1.165) is 17.1 Å². The summed E-state index contributed by atoms with van der Waals surface area (Å²) in [6.07, 6.45) is 0. The van der Waals surface area contributed by atoms with Gasteiger partial charge in [0.05, 0.1) is 27.9 Å². The zero-order valence-electron chi connectivity index (χ0n) is 16.7. The molecule has 0 saturated heterocycles. The molecule has 0 bridgehead atoms. The highest BCUT2D eigenvalue weighted by atomic mass is 35.5. The number of aromatic nitrogens is 5. The molecule has 0 fully saturated rings. The minimum atomic E-state index is -0.161. The molecule has 0 aliphatic heterocycles. The van der Waals surface area contributed by atoms with E-state index in [1.54, 1.807) is 18.2 Å². The normalized spacial score (nSPS) is 11.0. The third-order valence-electron chi connectivity index (χ3n) is 4.54. The second kappa shape index (κ2) is 9.13. The lowest BCUT2D eigenvalue weighted by Crippen LogP contribution is -2.15. The number of hydrogen-bond acceptors (Lipinski definition) is 5. The highest BCUT2D eigenvalue weighted by molar-refractivity contribution is 7.99. The average Bonchev–Trinajstić information content (AvgIpc) is 3.31. The number of hydrogen-bond donors (Lipinski definition) is 2. The second-order valence-electron chi connectivity index (χ2n) is 6.75. The molecule has 7 nitrogen and oxygen atoms in total. The van der Waals surface area contributed by atoms with E-state index in [2.05, 4.69) is 25.7 Å². The summed E-state index contributed by atoms with van der Waals surface area (Å²) < 4.78 is 1.88. The number of nitrogens with one attached hydrogen (secondary N) is 2. The summed E-state index contributed by atoms with van der Waals surface area (Å²) in [6.45, 7) is 3.69. The highest BCUT2D eigenvalue weighted by Gasteiger charge is 2.19. The molecule has 0 spiro atoms. The minimum absolute atomic E-state index is 0.156. The maximum absolute atomic E-state index is 12.5. The molecule has 0 atom stereocenters. The number of anilines is 1. The largest absolute Gasteiger partial charge is 0.322 e. The Balaban J connectivity index is 1.63. The number of carbonyl (C=O) groups is 1. The number of nitrogens with zero attached hydrogens (tertiary/aromatic N) is 4. The number of halogens is 2. The Kier molecular flexibility index (Phi) is 6.31. The maximum Gasteiger partial charge on any atom is 0.234 e. The first kappa shape index (κ1) is 21.4. The molecular weight excluding hydrogens is 455 g/mol. The Hall–Kier alpha value is -2.81. The van der Waals surface area contributed by atoms with Crippen LogP contribution in [0.2, 0.25) is 10.0 Å². The summed E-state index contributed by atoms with van der Waals surface area (Å²) >= 11 is 13.8. The number of benzene rings is 2. The number of thioether (sulfide) groups is 1. The van der Waals surface area contributed by atoms with Gasteiger partial charge in [-0.15, -0.1) is 10.2 Å². The van der Waals surface area contributed by atoms with Crippen molar-refractivity contribution in [2.45, 2.75) is 19.0 Å². The van der Waals surface area contributed by atoms with Crippen molar-refractivity contribution >= 4 is 46.6 Å². The van der Waals surface area contributed by atoms with E-state index in [4.69, 9.17) is 23.2 Å². The lowest BCUT2D eigenvalue weighted by atomic mass is 10.2. The number of aromatic amines is 1. The fraction of sp³-hybridized carbons (Fsp3) is 0.143. The van der Waals surface area contributed by atoms with E-state index in [-0.39, 0.29) is 11.7 Å². The second-order valence-corrected chi connectivity index (χ2v) is 8.53. The Morgan fingerprint density at radius 3 is 2.58 bits per heavy atom. The van der Waals surface area contributed by atoms with Gasteiger partial charge in [0.25, 0.3) is 0 Å². The molecule has 0 aliphatic carbocycles. The lowest BCUT2D eigenvalue weighted by molar-refractivity contribution is -0.113. The highest BCUT2D eigenvalue weighted by Crippen LogP contribution is 2.33. The molecule has 31 heavy (non-hydrogen) atoms.